The van der Waals surface area contributed by atoms with Crippen molar-refractivity contribution in [2.24, 2.45) is 0 Å². The number of benzene rings is 1. The zero-order valence-corrected chi connectivity index (χ0v) is 17.0. The molecule has 1 amide bonds. The normalized spacial score (nSPS) is 12.1. The predicted octanol–water partition coefficient (Wildman–Crippen LogP) is 2.40. The van der Waals surface area contributed by atoms with E-state index in [1.807, 2.05) is 0 Å². The average Bonchev–Trinajstić information content (AvgIpc) is 2.60. The number of nitrogens with one attached hydrogen (secondary N) is 1. The van der Waals surface area contributed by atoms with Crippen molar-refractivity contribution in [1.82, 2.24) is 9.62 Å². The van der Waals surface area contributed by atoms with Gasteiger partial charge >= 0.3 is 5.97 Å². The maximum atomic E-state index is 12.3. The second-order valence-electron chi connectivity index (χ2n) is 5.40. The fourth-order valence-electron chi connectivity index (χ4n) is 1.93. The van der Waals surface area contributed by atoms with Crippen molar-refractivity contribution >= 4 is 45.1 Å². The van der Waals surface area contributed by atoms with Gasteiger partial charge in [0.25, 0.3) is 5.91 Å². The van der Waals surface area contributed by atoms with E-state index in [4.69, 9.17) is 27.9 Å². The lowest BCUT2D eigenvalue weighted by Crippen LogP contribution is -2.41. The molecule has 1 aromatic rings. The van der Waals surface area contributed by atoms with Gasteiger partial charge in [-0.15, -0.1) is 13.2 Å². The van der Waals surface area contributed by atoms with E-state index in [1.54, 1.807) is 0 Å². The molecule has 0 aliphatic carbocycles. The number of carbonyl (C=O) groups excluding carboxylic acids is 2. The van der Waals surface area contributed by atoms with E-state index in [2.05, 4.69) is 17.9 Å². The third-order valence-electron chi connectivity index (χ3n) is 3.28. The van der Waals surface area contributed by atoms with Crippen LogP contribution < -0.4 is 4.72 Å². The van der Waals surface area contributed by atoms with Gasteiger partial charge in [0.1, 0.15) is 6.04 Å². The number of carbonyl (C=O) groups is 2. The summed E-state index contributed by atoms with van der Waals surface area (Å²) in [7, 11) is -4.03. The van der Waals surface area contributed by atoms with Gasteiger partial charge in [-0.05, 0) is 25.1 Å². The quantitative estimate of drug-likeness (QED) is 0.450. The Bertz CT molecular complexity index is 817. The largest absolute Gasteiger partial charge is 0.454 e. The number of amides is 1. The standard InChI is InChI=1S/C17H20Cl2N2O5S/c1-4-8-21(9-5-2)16(22)11-26-17(23)12(3)20-27(24,25)13-6-7-14(18)15(19)10-13/h4-7,10,12,20H,1-2,8-9,11H2,3H3/t12-/m0/s1. The van der Waals surface area contributed by atoms with Crippen LogP contribution in [0.15, 0.2) is 48.4 Å². The lowest BCUT2D eigenvalue weighted by atomic mass is 10.4. The van der Waals surface area contributed by atoms with E-state index in [-0.39, 0.29) is 28.0 Å². The summed E-state index contributed by atoms with van der Waals surface area (Å²) in [5, 5.41) is 0.259. The number of rotatable bonds is 10. The van der Waals surface area contributed by atoms with Crippen LogP contribution in [0.4, 0.5) is 0 Å². The van der Waals surface area contributed by atoms with Gasteiger partial charge in [-0.25, -0.2) is 8.42 Å². The van der Waals surface area contributed by atoms with Gasteiger partial charge in [0.2, 0.25) is 10.0 Å². The van der Waals surface area contributed by atoms with Crippen molar-refractivity contribution in [2.45, 2.75) is 17.9 Å². The highest BCUT2D eigenvalue weighted by molar-refractivity contribution is 7.89. The van der Waals surface area contributed by atoms with Crippen molar-refractivity contribution in [1.29, 1.82) is 0 Å². The lowest BCUT2D eigenvalue weighted by Gasteiger charge is -2.20. The second kappa shape index (κ2) is 10.5. The Labute approximate surface area is 168 Å². The molecule has 0 saturated heterocycles. The Kier molecular flexibility index (Phi) is 8.98. The molecule has 0 spiro atoms. The van der Waals surface area contributed by atoms with Crippen molar-refractivity contribution in [3.8, 4) is 0 Å². The minimum absolute atomic E-state index is 0.0601. The van der Waals surface area contributed by atoms with E-state index >= 15 is 0 Å². The fourth-order valence-corrected chi connectivity index (χ4v) is 3.51. The van der Waals surface area contributed by atoms with E-state index in [0.717, 1.165) is 6.07 Å². The number of ether oxygens (including phenoxy) is 1. The molecule has 0 fully saturated rings. The highest BCUT2D eigenvalue weighted by Crippen LogP contribution is 2.24. The lowest BCUT2D eigenvalue weighted by molar-refractivity contribution is -0.152. The fraction of sp³-hybridized carbons (Fsp3) is 0.294. The van der Waals surface area contributed by atoms with Crippen molar-refractivity contribution in [3.05, 3.63) is 53.6 Å². The molecule has 1 rings (SSSR count). The molecule has 0 aromatic heterocycles. The van der Waals surface area contributed by atoms with Crippen LogP contribution in [-0.4, -0.2) is 50.9 Å². The van der Waals surface area contributed by atoms with E-state index in [0.29, 0.717) is 0 Å². The summed E-state index contributed by atoms with van der Waals surface area (Å²) < 4.78 is 31.7. The number of hydrogen-bond donors (Lipinski definition) is 1. The van der Waals surface area contributed by atoms with Gasteiger partial charge < -0.3 is 9.64 Å². The predicted molar refractivity (Wildman–Crippen MR) is 104 cm³/mol. The minimum atomic E-state index is -4.03. The number of hydrogen-bond acceptors (Lipinski definition) is 5. The topological polar surface area (TPSA) is 92.8 Å². The molecule has 1 N–H and O–H groups in total. The summed E-state index contributed by atoms with van der Waals surface area (Å²) >= 11 is 11.6. The molecule has 1 aromatic carbocycles. The Morgan fingerprint density at radius 3 is 2.33 bits per heavy atom. The maximum Gasteiger partial charge on any atom is 0.324 e. The first-order chi connectivity index (χ1) is 12.6. The first kappa shape index (κ1) is 23.2. The monoisotopic (exact) mass is 434 g/mol. The maximum absolute atomic E-state index is 12.3. The third-order valence-corrected chi connectivity index (χ3v) is 5.55. The Hall–Kier alpha value is -1.87. The van der Waals surface area contributed by atoms with E-state index in [1.165, 1.54) is 36.1 Å². The number of sulfonamides is 1. The molecule has 7 nitrogen and oxygen atoms in total. The van der Waals surface area contributed by atoms with Crippen LogP contribution in [0.1, 0.15) is 6.92 Å². The summed E-state index contributed by atoms with van der Waals surface area (Å²) in [5.41, 5.74) is 0. The molecule has 0 unspecified atom stereocenters. The number of halogens is 2. The highest BCUT2D eigenvalue weighted by atomic mass is 35.5. The molecule has 27 heavy (non-hydrogen) atoms. The first-order valence-electron chi connectivity index (χ1n) is 7.76. The molecule has 0 radical (unpaired) electrons. The van der Waals surface area contributed by atoms with E-state index < -0.39 is 34.5 Å². The highest BCUT2D eigenvalue weighted by Gasteiger charge is 2.24. The van der Waals surface area contributed by atoms with Crippen LogP contribution in [0.2, 0.25) is 10.0 Å². The zero-order chi connectivity index (χ0) is 20.6. The van der Waals surface area contributed by atoms with Gasteiger partial charge in [-0.3, -0.25) is 9.59 Å². The number of nitrogens with zero attached hydrogens (tertiary/aromatic N) is 1. The Morgan fingerprint density at radius 1 is 1.22 bits per heavy atom. The molecule has 0 saturated carbocycles. The van der Waals surface area contributed by atoms with Crippen LogP contribution in [0.5, 0.6) is 0 Å². The summed E-state index contributed by atoms with van der Waals surface area (Å²) in [6.07, 6.45) is 3.05. The first-order valence-corrected chi connectivity index (χ1v) is 10.00. The van der Waals surface area contributed by atoms with Gasteiger partial charge in [-0.2, -0.15) is 4.72 Å². The van der Waals surface area contributed by atoms with Crippen molar-refractivity contribution in [2.75, 3.05) is 19.7 Å². The van der Waals surface area contributed by atoms with Crippen LogP contribution in [0.3, 0.4) is 0 Å². The molecule has 1 atom stereocenters. The average molecular weight is 435 g/mol. The molecule has 0 heterocycles. The summed E-state index contributed by atoms with van der Waals surface area (Å²) in [4.78, 5) is 25.2. The van der Waals surface area contributed by atoms with Crippen molar-refractivity contribution in [3.63, 3.8) is 0 Å². The van der Waals surface area contributed by atoms with Crippen molar-refractivity contribution < 1.29 is 22.7 Å². The second-order valence-corrected chi connectivity index (χ2v) is 7.93. The summed E-state index contributed by atoms with van der Waals surface area (Å²) in [6, 6.07) is 2.52. The molecule has 0 bridgehead atoms. The molecular weight excluding hydrogens is 415 g/mol. The van der Waals surface area contributed by atoms with Gasteiger partial charge in [0.15, 0.2) is 6.61 Å². The summed E-state index contributed by atoms with van der Waals surface area (Å²) in [5.74, 6) is -1.35. The van der Waals surface area contributed by atoms with Gasteiger partial charge in [0, 0.05) is 13.1 Å². The molecule has 148 valence electrons. The van der Waals surface area contributed by atoms with E-state index in [9.17, 15) is 18.0 Å². The zero-order valence-electron chi connectivity index (χ0n) is 14.7. The molecule has 0 aliphatic heterocycles. The van der Waals surface area contributed by atoms with Crippen LogP contribution >= 0.6 is 23.2 Å². The molecular formula is C17H20Cl2N2O5S. The van der Waals surface area contributed by atoms with Gasteiger partial charge in [-0.1, -0.05) is 35.4 Å². The number of esters is 1. The summed E-state index contributed by atoms with van der Waals surface area (Å²) in [6.45, 7) is 8.38. The van der Waals surface area contributed by atoms with Gasteiger partial charge in [0.05, 0.1) is 14.9 Å². The third kappa shape index (κ3) is 6.99. The minimum Gasteiger partial charge on any atom is -0.454 e. The SMILES string of the molecule is C=CCN(CC=C)C(=O)COC(=O)[C@H](C)NS(=O)(=O)c1ccc(Cl)c(Cl)c1. The van der Waals surface area contributed by atoms with Crippen LogP contribution in [-0.2, 0) is 24.3 Å². The Balaban J connectivity index is 2.70. The molecule has 10 heteroatoms. The molecule has 0 aliphatic rings. The van der Waals surface area contributed by atoms with Crippen LogP contribution in [0.25, 0.3) is 0 Å². The Morgan fingerprint density at radius 2 is 1.81 bits per heavy atom. The smallest absolute Gasteiger partial charge is 0.324 e. The van der Waals surface area contributed by atoms with Crippen LogP contribution in [0, 0.1) is 0 Å².